The summed E-state index contributed by atoms with van der Waals surface area (Å²) in [5, 5.41) is 11.3. The summed E-state index contributed by atoms with van der Waals surface area (Å²) in [7, 11) is 0. The largest absolute Gasteiger partial charge is 0.367 e. The summed E-state index contributed by atoms with van der Waals surface area (Å²) in [6, 6.07) is 2.42. The van der Waals surface area contributed by atoms with Crippen molar-refractivity contribution in [2.45, 2.75) is 25.4 Å². The fourth-order valence-electron chi connectivity index (χ4n) is 2.48. The maximum absolute atomic E-state index is 4.21. The van der Waals surface area contributed by atoms with Crippen LogP contribution in [0.5, 0.6) is 0 Å². The maximum Gasteiger partial charge on any atom is 0.129 e. The Morgan fingerprint density at radius 2 is 2.10 bits per heavy atom. The van der Waals surface area contributed by atoms with Crippen LogP contribution in [-0.4, -0.2) is 55.5 Å². The van der Waals surface area contributed by atoms with E-state index in [4.69, 9.17) is 0 Å². The average Bonchev–Trinajstić information content (AvgIpc) is 3.01. The smallest absolute Gasteiger partial charge is 0.129 e. The van der Waals surface area contributed by atoms with Crippen molar-refractivity contribution in [1.82, 2.24) is 29.9 Å². The van der Waals surface area contributed by atoms with Gasteiger partial charge in [0, 0.05) is 38.1 Å². The average molecular weight is 273 g/mol. The van der Waals surface area contributed by atoms with Gasteiger partial charge in [0.1, 0.15) is 12.1 Å². The summed E-state index contributed by atoms with van der Waals surface area (Å²) >= 11 is 0. The van der Waals surface area contributed by atoms with Gasteiger partial charge in [0.15, 0.2) is 0 Å². The summed E-state index contributed by atoms with van der Waals surface area (Å²) in [5.41, 5.74) is 0. The van der Waals surface area contributed by atoms with Crippen LogP contribution in [0, 0.1) is 0 Å². The van der Waals surface area contributed by atoms with Crippen LogP contribution in [-0.2, 0) is 6.54 Å². The maximum atomic E-state index is 4.21. The fourth-order valence-corrected chi connectivity index (χ4v) is 2.48. The molecule has 7 heteroatoms. The van der Waals surface area contributed by atoms with E-state index in [2.05, 4.69) is 30.5 Å². The normalized spacial score (nSPS) is 17.2. The van der Waals surface area contributed by atoms with Gasteiger partial charge in [-0.3, -0.25) is 4.68 Å². The third-order valence-corrected chi connectivity index (χ3v) is 3.64. The number of aromatic nitrogens is 5. The van der Waals surface area contributed by atoms with Gasteiger partial charge in [-0.25, -0.2) is 9.97 Å². The Hall–Kier alpha value is -2.02. The number of piperidine rings is 1. The SMILES string of the molecule is c1cc(NC2CCN(CCn3ccnn3)CC2)ncn1. The molecule has 0 atom stereocenters. The van der Waals surface area contributed by atoms with Crippen LogP contribution < -0.4 is 5.32 Å². The lowest BCUT2D eigenvalue weighted by atomic mass is 10.1. The molecule has 0 saturated carbocycles. The quantitative estimate of drug-likeness (QED) is 0.862. The van der Waals surface area contributed by atoms with Crippen LogP contribution in [0.2, 0.25) is 0 Å². The van der Waals surface area contributed by atoms with Gasteiger partial charge >= 0.3 is 0 Å². The standard InChI is InChI=1S/C13H19N7/c1-4-14-11-15-13(1)17-12-2-6-19(7-3-12)9-10-20-8-5-16-18-20/h1,4-5,8,11-12H,2-3,6-7,9-10H2,(H,14,15,17). The van der Waals surface area contributed by atoms with Gasteiger partial charge in [0.05, 0.1) is 12.7 Å². The first-order valence-electron chi connectivity index (χ1n) is 6.99. The molecular formula is C13H19N7. The lowest BCUT2D eigenvalue weighted by Gasteiger charge is -2.32. The van der Waals surface area contributed by atoms with Crippen LogP contribution >= 0.6 is 0 Å². The number of rotatable bonds is 5. The van der Waals surface area contributed by atoms with Gasteiger partial charge in [0.2, 0.25) is 0 Å². The van der Waals surface area contributed by atoms with Crippen LogP contribution in [0.3, 0.4) is 0 Å². The molecule has 1 aliphatic rings. The molecule has 1 aliphatic heterocycles. The van der Waals surface area contributed by atoms with E-state index < -0.39 is 0 Å². The van der Waals surface area contributed by atoms with Crippen LogP contribution in [0.25, 0.3) is 0 Å². The summed E-state index contributed by atoms with van der Waals surface area (Å²) in [4.78, 5) is 10.6. The second-order valence-corrected chi connectivity index (χ2v) is 5.02. The zero-order valence-corrected chi connectivity index (χ0v) is 11.4. The van der Waals surface area contributed by atoms with Gasteiger partial charge in [-0.2, -0.15) is 0 Å². The molecule has 1 N–H and O–H groups in total. The van der Waals surface area contributed by atoms with Crippen molar-refractivity contribution in [1.29, 1.82) is 0 Å². The Morgan fingerprint density at radius 3 is 2.80 bits per heavy atom. The topological polar surface area (TPSA) is 71.8 Å². The molecule has 0 aromatic carbocycles. The molecule has 3 rings (SSSR count). The summed E-state index contributed by atoms with van der Waals surface area (Å²) in [5.74, 6) is 0.918. The minimum Gasteiger partial charge on any atom is -0.367 e. The third-order valence-electron chi connectivity index (χ3n) is 3.64. The molecule has 0 bridgehead atoms. The van der Waals surface area contributed by atoms with Gasteiger partial charge in [0.25, 0.3) is 0 Å². The molecule has 2 aromatic heterocycles. The first kappa shape index (κ1) is 13.0. The van der Waals surface area contributed by atoms with E-state index >= 15 is 0 Å². The molecule has 0 aliphatic carbocycles. The number of hydrogen-bond donors (Lipinski definition) is 1. The number of nitrogens with zero attached hydrogens (tertiary/aromatic N) is 6. The van der Waals surface area contributed by atoms with Crippen molar-refractivity contribution in [3.8, 4) is 0 Å². The van der Waals surface area contributed by atoms with Crippen molar-refractivity contribution < 1.29 is 0 Å². The Balaban J connectivity index is 1.40. The Labute approximate surface area is 118 Å². The van der Waals surface area contributed by atoms with Crippen LogP contribution in [0.15, 0.2) is 31.0 Å². The lowest BCUT2D eigenvalue weighted by Crippen LogP contribution is -2.40. The van der Waals surface area contributed by atoms with Crippen LogP contribution in [0.1, 0.15) is 12.8 Å². The van der Waals surface area contributed by atoms with Crippen molar-refractivity contribution in [2.24, 2.45) is 0 Å². The highest BCUT2D eigenvalue weighted by Crippen LogP contribution is 2.14. The predicted octanol–water partition coefficient (Wildman–Crippen LogP) is 0.645. The van der Waals surface area contributed by atoms with Crippen molar-refractivity contribution in [3.05, 3.63) is 31.0 Å². The lowest BCUT2D eigenvalue weighted by molar-refractivity contribution is 0.208. The van der Waals surface area contributed by atoms with Crippen molar-refractivity contribution in [2.75, 3.05) is 25.0 Å². The Kier molecular flexibility index (Phi) is 4.17. The third kappa shape index (κ3) is 3.51. The van der Waals surface area contributed by atoms with E-state index in [1.165, 1.54) is 0 Å². The fraction of sp³-hybridized carbons (Fsp3) is 0.538. The molecular weight excluding hydrogens is 254 g/mol. The van der Waals surface area contributed by atoms with Gasteiger partial charge in [-0.1, -0.05) is 5.21 Å². The number of hydrogen-bond acceptors (Lipinski definition) is 6. The monoisotopic (exact) mass is 273 g/mol. The van der Waals surface area contributed by atoms with Gasteiger partial charge < -0.3 is 10.2 Å². The molecule has 1 fully saturated rings. The van der Waals surface area contributed by atoms with E-state index in [0.29, 0.717) is 6.04 Å². The second kappa shape index (κ2) is 6.42. The number of nitrogens with one attached hydrogen (secondary N) is 1. The second-order valence-electron chi connectivity index (χ2n) is 5.02. The molecule has 1 saturated heterocycles. The molecule has 106 valence electrons. The molecule has 0 unspecified atom stereocenters. The highest BCUT2D eigenvalue weighted by molar-refractivity contribution is 5.33. The van der Waals surface area contributed by atoms with Crippen molar-refractivity contribution in [3.63, 3.8) is 0 Å². The summed E-state index contributed by atoms with van der Waals surface area (Å²) in [6.07, 6.45) is 9.25. The number of anilines is 1. The Bertz CT molecular complexity index is 491. The van der Waals surface area contributed by atoms with E-state index in [1.807, 2.05) is 16.9 Å². The van der Waals surface area contributed by atoms with E-state index in [0.717, 1.165) is 44.8 Å². The highest BCUT2D eigenvalue weighted by Gasteiger charge is 2.18. The molecule has 3 heterocycles. The zero-order chi connectivity index (χ0) is 13.6. The molecule has 0 amide bonds. The van der Waals surface area contributed by atoms with Crippen molar-refractivity contribution >= 4 is 5.82 Å². The van der Waals surface area contributed by atoms with E-state index in [9.17, 15) is 0 Å². The minimum absolute atomic E-state index is 0.507. The first-order valence-corrected chi connectivity index (χ1v) is 6.99. The molecule has 7 nitrogen and oxygen atoms in total. The Morgan fingerprint density at radius 1 is 1.20 bits per heavy atom. The summed E-state index contributed by atoms with van der Waals surface area (Å²) < 4.78 is 1.88. The molecule has 0 spiro atoms. The van der Waals surface area contributed by atoms with E-state index in [-0.39, 0.29) is 0 Å². The van der Waals surface area contributed by atoms with Crippen LogP contribution in [0.4, 0.5) is 5.82 Å². The van der Waals surface area contributed by atoms with Gasteiger partial charge in [-0.15, -0.1) is 5.10 Å². The number of likely N-dealkylation sites (tertiary alicyclic amines) is 1. The zero-order valence-electron chi connectivity index (χ0n) is 11.4. The summed E-state index contributed by atoms with van der Waals surface area (Å²) in [6.45, 7) is 4.16. The molecule has 2 aromatic rings. The minimum atomic E-state index is 0.507. The van der Waals surface area contributed by atoms with E-state index in [1.54, 1.807) is 18.7 Å². The highest BCUT2D eigenvalue weighted by atomic mass is 15.4. The predicted molar refractivity (Wildman–Crippen MR) is 75.1 cm³/mol. The molecule has 20 heavy (non-hydrogen) atoms. The molecule has 0 radical (unpaired) electrons. The van der Waals surface area contributed by atoms with Gasteiger partial charge in [-0.05, 0) is 18.9 Å². The first-order chi connectivity index (χ1) is 9.90.